The standard InChI is InChI=1S/C22H39NO4S/c1-2-3-4-5-6-7-8-9-10-11-12-13-14-15-19-28(26,27)23-22-20(24)17-16-18-21(22)25/h16-18,23-25H,2-15,19H2,1H3. The molecule has 0 radical (unpaired) electrons. The van der Waals surface area contributed by atoms with E-state index in [1.165, 1.54) is 82.4 Å². The van der Waals surface area contributed by atoms with Crippen molar-refractivity contribution in [3.05, 3.63) is 18.2 Å². The van der Waals surface area contributed by atoms with Gasteiger partial charge >= 0.3 is 0 Å². The minimum Gasteiger partial charge on any atom is -0.506 e. The van der Waals surface area contributed by atoms with Crippen molar-refractivity contribution in [1.29, 1.82) is 0 Å². The van der Waals surface area contributed by atoms with Crippen LogP contribution in [0, 0.1) is 0 Å². The highest BCUT2D eigenvalue weighted by Gasteiger charge is 2.15. The van der Waals surface area contributed by atoms with Crippen molar-refractivity contribution in [3.63, 3.8) is 0 Å². The zero-order valence-electron chi connectivity index (χ0n) is 17.5. The lowest BCUT2D eigenvalue weighted by atomic mass is 10.0. The Hall–Kier alpha value is -1.43. The molecule has 0 bridgehead atoms. The molecule has 0 spiro atoms. The van der Waals surface area contributed by atoms with Gasteiger partial charge in [-0.2, -0.15) is 0 Å². The molecule has 162 valence electrons. The lowest BCUT2D eigenvalue weighted by molar-refractivity contribution is 0.455. The Labute approximate surface area is 171 Å². The molecule has 0 heterocycles. The molecule has 0 amide bonds. The highest BCUT2D eigenvalue weighted by molar-refractivity contribution is 7.92. The first kappa shape index (κ1) is 24.6. The maximum atomic E-state index is 12.1. The second-order valence-corrected chi connectivity index (χ2v) is 9.53. The Morgan fingerprint density at radius 2 is 1.11 bits per heavy atom. The van der Waals surface area contributed by atoms with Crippen LogP contribution in [-0.2, 0) is 10.0 Å². The number of anilines is 1. The summed E-state index contributed by atoms with van der Waals surface area (Å²) in [6, 6.07) is 4.13. The maximum Gasteiger partial charge on any atom is 0.232 e. The van der Waals surface area contributed by atoms with Gasteiger partial charge in [0.2, 0.25) is 10.0 Å². The highest BCUT2D eigenvalue weighted by atomic mass is 32.2. The van der Waals surface area contributed by atoms with E-state index in [1.54, 1.807) is 0 Å². The summed E-state index contributed by atoms with van der Waals surface area (Å²) in [5.74, 6) is -0.548. The highest BCUT2D eigenvalue weighted by Crippen LogP contribution is 2.33. The van der Waals surface area contributed by atoms with Crippen molar-refractivity contribution in [2.75, 3.05) is 10.5 Å². The first-order chi connectivity index (χ1) is 13.5. The molecule has 1 rings (SSSR count). The fraction of sp³-hybridized carbons (Fsp3) is 0.727. The van der Waals surface area contributed by atoms with Crippen LogP contribution in [0.15, 0.2) is 18.2 Å². The molecule has 0 aliphatic carbocycles. The topological polar surface area (TPSA) is 86.6 Å². The molecular formula is C22H39NO4S. The van der Waals surface area contributed by atoms with E-state index in [-0.39, 0.29) is 22.9 Å². The van der Waals surface area contributed by atoms with E-state index >= 15 is 0 Å². The van der Waals surface area contributed by atoms with Gasteiger partial charge in [-0.1, -0.05) is 96.5 Å². The van der Waals surface area contributed by atoms with Crippen LogP contribution in [0.3, 0.4) is 0 Å². The number of nitrogens with one attached hydrogen (secondary N) is 1. The van der Waals surface area contributed by atoms with Crippen LogP contribution in [0.1, 0.15) is 96.8 Å². The van der Waals surface area contributed by atoms with Crippen LogP contribution >= 0.6 is 0 Å². The molecule has 0 unspecified atom stereocenters. The van der Waals surface area contributed by atoms with E-state index in [4.69, 9.17) is 0 Å². The molecule has 1 aromatic carbocycles. The van der Waals surface area contributed by atoms with Crippen molar-refractivity contribution >= 4 is 15.7 Å². The van der Waals surface area contributed by atoms with Crippen molar-refractivity contribution in [1.82, 2.24) is 0 Å². The van der Waals surface area contributed by atoms with E-state index in [9.17, 15) is 18.6 Å². The van der Waals surface area contributed by atoms with Crippen LogP contribution in [0.4, 0.5) is 5.69 Å². The van der Waals surface area contributed by atoms with Gasteiger partial charge in [0, 0.05) is 0 Å². The summed E-state index contributed by atoms with van der Waals surface area (Å²) in [7, 11) is -3.57. The SMILES string of the molecule is CCCCCCCCCCCCCCCCS(=O)(=O)Nc1c(O)cccc1O. The summed E-state index contributed by atoms with van der Waals surface area (Å²) < 4.78 is 26.5. The van der Waals surface area contributed by atoms with Crippen LogP contribution in [0.25, 0.3) is 0 Å². The molecule has 0 atom stereocenters. The molecule has 0 saturated heterocycles. The van der Waals surface area contributed by atoms with Crippen molar-refractivity contribution < 1.29 is 18.6 Å². The third-order valence-electron chi connectivity index (χ3n) is 5.04. The summed E-state index contributed by atoms with van der Waals surface area (Å²) >= 11 is 0. The number of rotatable bonds is 17. The summed E-state index contributed by atoms with van der Waals surface area (Å²) in [6.07, 6.45) is 17.0. The Bertz CT molecular complexity index is 611. The lowest BCUT2D eigenvalue weighted by Gasteiger charge is -2.11. The fourth-order valence-corrected chi connectivity index (χ4v) is 4.53. The lowest BCUT2D eigenvalue weighted by Crippen LogP contribution is -2.16. The number of hydrogen-bond donors (Lipinski definition) is 3. The second-order valence-electron chi connectivity index (χ2n) is 7.69. The fourth-order valence-electron chi connectivity index (χ4n) is 3.33. The van der Waals surface area contributed by atoms with Crippen LogP contribution < -0.4 is 4.72 Å². The first-order valence-corrected chi connectivity index (χ1v) is 12.6. The van der Waals surface area contributed by atoms with E-state index in [1.807, 2.05) is 0 Å². The normalized spacial score (nSPS) is 11.6. The Kier molecular flexibility index (Phi) is 12.8. The van der Waals surface area contributed by atoms with Gasteiger partial charge in [-0.15, -0.1) is 0 Å². The average Bonchev–Trinajstić information content (AvgIpc) is 2.65. The molecule has 0 aliphatic heterocycles. The number of phenols is 2. The molecule has 3 N–H and O–H groups in total. The molecule has 6 heteroatoms. The Morgan fingerprint density at radius 1 is 0.714 bits per heavy atom. The van der Waals surface area contributed by atoms with Gasteiger partial charge in [0.25, 0.3) is 0 Å². The van der Waals surface area contributed by atoms with Crippen molar-refractivity contribution in [3.8, 4) is 11.5 Å². The van der Waals surface area contributed by atoms with Crippen LogP contribution in [0.5, 0.6) is 11.5 Å². The largest absolute Gasteiger partial charge is 0.506 e. The van der Waals surface area contributed by atoms with Gasteiger partial charge in [-0.25, -0.2) is 8.42 Å². The van der Waals surface area contributed by atoms with E-state index in [2.05, 4.69) is 11.6 Å². The van der Waals surface area contributed by atoms with Gasteiger partial charge < -0.3 is 10.2 Å². The summed E-state index contributed by atoms with van der Waals surface area (Å²) in [6.45, 7) is 2.25. The monoisotopic (exact) mass is 413 g/mol. The number of unbranched alkanes of at least 4 members (excludes halogenated alkanes) is 13. The average molecular weight is 414 g/mol. The van der Waals surface area contributed by atoms with E-state index in [0.29, 0.717) is 6.42 Å². The minimum absolute atomic E-state index is 0.00118. The van der Waals surface area contributed by atoms with Crippen LogP contribution in [-0.4, -0.2) is 24.4 Å². The Morgan fingerprint density at radius 3 is 1.54 bits per heavy atom. The third-order valence-corrected chi connectivity index (χ3v) is 6.39. The molecule has 28 heavy (non-hydrogen) atoms. The van der Waals surface area contributed by atoms with Gasteiger partial charge in [0.1, 0.15) is 17.2 Å². The van der Waals surface area contributed by atoms with E-state index in [0.717, 1.165) is 19.3 Å². The number of hydrogen-bond acceptors (Lipinski definition) is 4. The molecular weight excluding hydrogens is 374 g/mol. The number of benzene rings is 1. The molecule has 5 nitrogen and oxygen atoms in total. The number of aromatic hydroxyl groups is 2. The molecule has 0 aromatic heterocycles. The Balaban J connectivity index is 2.01. The number of para-hydroxylation sites is 1. The van der Waals surface area contributed by atoms with Crippen molar-refractivity contribution in [2.24, 2.45) is 0 Å². The molecule has 0 fully saturated rings. The van der Waals surface area contributed by atoms with E-state index < -0.39 is 10.0 Å². The second kappa shape index (κ2) is 14.6. The summed E-state index contributed by atoms with van der Waals surface area (Å²) in [4.78, 5) is 0. The number of sulfonamides is 1. The predicted molar refractivity (Wildman–Crippen MR) is 117 cm³/mol. The third kappa shape index (κ3) is 11.4. The van der Waals surface area contributed by atoms with Gasteiger partial charge in [-0.05, 0) is 18.6 Å². The van der Waals surface area contributed by atoms with Gasteiger partial charge in [0.05, 0.1) is 5.75 Å². The van der Waals surface area contributed by atoms with Crippen LogP contribution in [0.2, 0.25) is 0 Å². The zero-order valence-corrected chi connectivity index (χ0v) is 18.3. The smallest absolute Gasteiger partial charge is 0.232 e. The van der Waals surface area contributed by atoms with Crippen molar-refractivity contribution in [2.45, 2.75) is 96.8 Å². The zero-order chi connectivity index (χ0) is 20.7. The quantitative estimate of drug-likeness (QED) is 0.206. The minimum atomic E-state index is -3.57. The molecule has 0 saturated carbocycles. The van der Waals surface area contributed by atoms with Gasteiger partial charge in [-0.3, -0.25) is 4.72 Å². The molecule has 1 aromatic rings. The van der Waals surface area contributed by atoms with Gasteiger partial charge in [0.15, 0.2) is 0 Å². The number of phenolic OH excluding ortho intramolecular Hbond substituents is 2. The first-order valence-electron chi connectivity index (χ1n) is 11.0. The molecule has 0 aliphatic rings. The maximum absolute atomic E-state index is 12.1. The summed E-state index contributed by atoms with van der Waals surface area (Å²) in [5, 5.41) is 19.3. The predicted octanol–water partition coefficient (Wildman–Crippen LogP) is 6.32. The summed E-state index contributed by atoms with van der Waals surface area (Å²) in [5.41, 5.74) is -0.145.